The van der Waals surface area contributed by atoms with Gasteiger partial charge in [-0.15, -0.1) is 0 Å². The van der Waals surface area contributed by atoms with Gasteiger partial charge in [0.25, 0.3) is 0 Å². The predicted octanol–water partition coefficient (Wildman–Crippen LogP) is 4.04. The number of nitrogens with zero attached hydrogens (tertiary/aromatic N) is 2. The number of nitrogens with one attached hydrogen (secondary N) is 1. The molecule has 0 radical (unpaired) electrons. The molecule has 1 atom stereocenters. The summed E-state index contributed by atoms with van der Waals surface area (Å²) in [5.74, 6) is -0.924. The molecule has 5 nitrogen and oxygen atoms in total. The number of alkyl halides is 3. The van der Waals surface area contributed by atoms with E-state index in [0.29, 0.717) is 18.3 Å². The smallest absolute Gasteiger partial charge is 0.331 e. The molecule has 0 aliphatic heterocycles. The van der Waals surface area contributed by atoms with Gasteiger partial charge in [0, 0.05) is 18.4 Å². The molecule has 0 spiro atoms. The Labute approximate surface area is 131 Å². The van der Waals surface area contributed by atoms with Crippen molar-refractivity contribution < 1.29 is 17.9 Å². The van der Waals surface area contributed by atoms with Crippen LogP contribution in [-0.2, 0) is 16.1 Å². The van der Waals surface area contributed by atoms with Crippen molar-refractivity contribution in [3.05, 3.63) is 35.7 Å². The average Bonchev–Trinajstić information content (AvgIpc) is 2.88. The minimum Gasteiger partial charge on any atom is -0.331 e. The second-order valence-electron chi connectivity index (χ2n) is 4.89. The van der Waals surface area contributed by atoms with Crippen LogP contribution in [0.15, 0.2) is 28.8 Å². The van der Waals surface area contributed by atoms with E-state index in [2.05, 4.69) is 19.8 Å². The second kappa shape index (κ2) is 6.44. The Bertz CT molecular complexity index is 685. The van der Waals surface area contributed by atoms with Gasteiger partial charge in [-0.25, -0.2) is 0 Å². The molecular weight excluding hydrogens is 335 g/mol. The van der Waals surface area contributed by atoms with Crippen molar-refractivity contribution in [2.24, 2.45) is 0 Å². The highest BCUT2D eigenvalue weighted by Crippen LogP contribution is 2.40. The van der Waals surface area contributed by atoms with E-state index in [1.54, 1.807) is 30.9 Å². The Kier molecular flexibility index (Phi) is 5.00. The highest BCUT2D eigenvalue weighted by molar-refractivity contribution is 7.60. The predicted molar refractivity (Wildman–Crippen MR) is 80.4 cm³/mol. The fraction of sp³-hybridized carbons (Fsp3) is 0.385. The highest BCUT2D eigenvalue weighted by atomic mass is 35.5. The van der Waals surface area contributed by atoms with Crippen LogP contribution in [0.5, 0.6) is 0 Å². The van der Waals surface area contributed by atoms with E-state index in [9.17, 15) is 13.3 Å². The zero-order valence-corrected chi connectivity index (χ0v) is 13.7. The summed E-state index contributed by atoms with van der Waals surface area (Å²) in [6.45, 7) is 4.20. The first-order valence-electron chi connectivity index (χ1n) is 6.53. The van der Waals surface area contributed by atoms with Gasteiger partial charge in [-0.2, -0.15) is 13.8 Å². The van der Waals surface area contributed by atoms with Crippen LogP contribution in [0.4, 0.5) is 8.78 Å². The molecule has 1 aromatic heterocycles. The van der Waals surface area contributed by atoms with Crippen molar-refractivity contribution in [3.8, 4) is 11.4 Å². The molecule has 0 fully saturated rings. The van der Waals surface area contributed by atoms with Crippen molar-refractivity contribution >= 4 is 18.9 Å². The first kappa shape index (κ1) is 17.1. The van der Waals surface area contributed by atoms with Gasteiger partial charge in [-0.05, 0) is 23.7 Å². The Morgan fingerprint density at radius 3 is 2.50 bits per heavy atom. The van der Waals surface area contributed by atoms with Crippen molar-refractivity contribution in [3.63, 3.8) is 0 Å². The van der Waals surface area contributed by atoms with Crippen LogP contribution >= 0.6 is 18.9 Å². The van der Waals surface area contributed by atoms with Gasteiger partial charge >= 0.3 is 11.3 Å². The molecule has 22 heavy (non-hydrogen) atoms. The SMILES string of the molecule is CCNP(C)(=O)Cc1ccc(-c2noc(C(F)(F)Cl)n2)cc1. The van der Waals surface area contributed by atoms with Crippen LogP contribution in [0, 0.1) is 0 Å². The quantitative estimate of drug-likeness (QED) is 0.629. The number of halogens is 3. The monoisotopic (exact) mass is 349 g/mol. The van der Waals surface area contributed by atoms with Gasteiger partial charge in [-0.3, -0.25) is 5.09 Å². The standard InChI is InChI=1S/C13H15ClF2N3O2P/c1-3-17-22(2,20)8-9-4-6-10(7-5-9)11-18-12(21-19-11)13(14,15)16/h4-7H,3,8H2,1-2H3,(H,17,20). The summed E-state index contributed by atoms with van der Waals surface area (Å²) in [6.07, 6.45) is 0.401. The third-order valence-electron chi connectivity index (χ3n) is 2.86. The molecule has 0 aliphatic rings. The normalized spacial score (nSPS) is 14.8. The zero-order chi connectivity index (χ0) is 16.4. The summed E-state index contributed by atoms with van der Waals surface area (Å²) >= 11 is 4.82. The van der Waals surface area contributed by atoms with Crippen LogP contribution in [0.3, 0.4) is 0 Å². The Hall–Kier alpha value is -1.30. The molecule has 0 aliphatic carbocycles. The van der Waals surface area contributed by atoms with E-state index in [-0.39, 0.29) is 5.82 Å². The lowest BCUT2D eigenvalue weighted by molar-refractivity contribution is 0.0551. The molecule has 0 saturated heterocycles. The fourth-order valence-corrected chi connectivity index (χ4v) is 3.72. The van der Waals surface area contributed by atoms with E-state index in [4.69, 9.17) is 11.6 Å². The molecule has 0 amide bonds. The van der Waals surface area contributed by atoms with Gasteiger partial charge in [0.05, 0.1) is 0 Å². The number of hydrogen-bond donors (Lipinski definition) is 1. The number of hydrogen-bond acceptors (Lipinski definition) is 4. The third-order valence-corrected chi connectivity index (χ3v) is 4.97. The lowest BCUT2D eigenvalue weighted by Crippen LogP contribution is -2.09. The summed E-state index contributed by atoms with van der Waals surface area (Å²) in [5, 5.41) is 2.73. The van der Waals surface area contributed by atoms with Crippen molar-refractivity contribution in [1.29, 1.82) is 0 Å². The minimum atomic E-state index is -3.69. The molecule has 1 heterocycles. The van der Waals surface area contributed by atoms with Gasteiger partial charge in [0.2, 0.25) is 5.82 Å². The van der Waals surface area contributed by atoms with Crippen molar-refractivity contribution in [1.82, 2.24) is 15.2 Å². The van der Waals surface area contributed by atoms with Crippen molar-refractivity contribution in [2.75, 3.05) is 13.2 Å². The number of benzene rings is 1. The molecular formula is C13H15ClF2N3O2P. The van der Waals surface area contributed by atoms with E-state index in [1.165, 1.54) is 0 Å². The highest BCUT2D eigenvalue weighted by Gasteiger charge is 2.35. The third kappa shape index (κ3) is 4.35. The summed E-state index contributed by atoms with van der Waals surface area (Å²) in [7, 11) is -2.44. The van der Waals surface area contributed by atoms with Crippen LogP contribution in [0.2, 0.25) is 0 Å². The van der Waals surface area contributed by atoms with E-state index in [1.807, 2.05) is 6.92 Å². The van der Waals surface area contributed by atoms with Crippen LogP contribution in [0.1, 0.15) is 18.4 Å². The van der Waals surface area contributed by atoms with Crippen LogP contribution in [-0.4, -0.2) is 23.4 Å². The summed E-state index contributed by atoms with van der Waals surface area (Å²) in [6, 6.07) is 6.81. The maximum Gasteiger partial charge on any atom is 0.400 e. The van der Waals surface area contributed by atoms with Gasteiger partial charge in [0.15, 0.2) is 0 Å². The molecule has 1 N–H and O–H groups in total. The van der Waals surface area contributed by atoms with E-state index in [0.717, 1.165) is 5.56 Å². The molecule has 0 saturated carbocycles. The lowest BCUT2D eigenvalue weighted by Gasteiger charge is -2.13. The fourth-order valence-electron chi connectivity index (χ4n) is 1.95. The maximum atomic E-state index is 12.8. The maximum absolute atomic E-state index is 12.8. The van der Waals surface area contributed by atoms with E-state index < -0.39 is 18.6 Å². The Morgan fingerprint density at radius 2 is 2.00 bits per heavy atom. The summed E-state index contributed by atoms with van der Waals surface area (Å²) in [4.78, 5) is 3.56. The number of aromatic nitrogens is 2. The molecule has 2 rings (SSSR count). The molecule has 0 bridgehead atoms. The average molecular weight is 350 g/mol. The topological polar surface area (TPSA) is 68.0 Å². The second-order valence-corrected chi connectivity index (χ2v) is 8.20. The first-order chi connectivity index (χ1) is 10.2. The molecule has 9 heteroatoms. The zero-order valence-electron chi connectivity index (χ0n) is 12.0. The molecule has 120 valence electrons. The van der Waals surface area contributed by atoms with Crippen LogP contribution in [0.25, 0.3) is 11.4 Å². The summed E-state index contributed by atoms with van der Waals surface area (Å²) < 4.78 is 42.3. The van der Waals surface area contributed by atoms with Gasteiger partial charge in [-0.1, -0.05) is 36.3 Å². The Balaban J connectivity index is 2.15. The Morgan fingerprint density at radius 1 is 1.36 bits per heavy atom. The van der Waals surface area contributed by atoms with Gasteiger partial charge < -0.3 is 9.09 Å². The van der Waals surface area contributed by atoms with Gasteiger partial charge in [0.1, 0.15) is 7.29 Å². The number of rotatable bonds is 6. The minimum absolute atomic E-state index is 0.0215. The van der Waals surface area contributed by atoms with E-state index >= 15 is 0 Å². The first-order valence-corrected chi connectivity index (χ1v) is 9.25. The molecule has 1 aromatic carbocycles. The van der Waals surface area contributed by atoms with Crippen LogP contribution < -0.4 is 5.09 Å². The lowest BCUT2D eigenvalue weighted by atomic mass is 10.1. The largest absolute Gasteiger partial charge is 0.400 e. The van der Waals surface area contributed by atoms with Crippen molar-refractivity contribution in [2.45, 2.75) is 18.5 Å². The summed E-state index contributed by atoms with van der Waals surface area (Å²) in [5.41, 5.74) is 1.37. The molecule has 2 aromatic rings. The molecule has 1 unspecified atom stereocenters.